The lowest BCUT2D eigenvalue weighted by Gasteiger charge is -2.09. The summed E-state index contributed by atoms with van der Waals surface area (Å²) < 4.78 is 15.6. The van der Waals surface area contributed by atoms with Crippen molar-refractivity contribution in [1.82, 2.24) is 0 Å². The van der Waals surface area contributed by atoms with Crippen LogP contribution in [0.2, 0.25) is 5.02 Å². The molecule has 0 saturated heterocycles. The van der Waals surface area contributed by atoms with E-state index in [1.807, 2.05) is 0 Å². The number of esters is 1. The van der Waals surface area contributed by atoms with E-state index >= 15 is 0 Å². The summed E-state index contributed by atoms with van der Waals surface area (Å²) in [5.41, 5.74) is 0.0937. The monoisotopic (exact) mass is 379 g/mol. The van der Waals surface area contributed by atoms with Crippen LogP contribution in [0.4, 0.5) is 5.88 Å². The zero-order valence-corrected chi connectivity index (χ0v) is 15.5. The van der Waals surface area contributed by atoms with Gasteiger partial charge in [0.25, 0.3) is 5.91 Å². The van der Waals surface area contributed by atoms with Crippen LogP contribution in [-0.2, 0) is 4.74 Å². The van der Waals surface area contributed by atoms with Crippen LogP contribution < -0.4 is 10.1 Å². The fraction of sp³-hybridized carbons (Fsp3) is 0.278. The van der Waals surface area contributed by atoms with E-state index in [2.05, 4.69) is 5.32 Å². The molecule has 1 aromatic carbocycles. The average Bonchev–Trinajstić information content (AvgIpc) is 2.91. The number of hydrogen-bond acceptors (Lipinski definition) is 6. The van der Waals surface area contributed by atoms with Crippen molar-refractivity contribution >= 4 is 35.1 Å². The summed E-state index contributed by atoms with van der Waals surface area (Å²) in [5.74, 6) is -1.43. The van der Waals surface area contributed by atoms with Crippen molar-refractivity contribution in [2.75, 3.05) is 19.0 Å². The van der Waals surface area contributed by atoms with Gasteiger partial charge in [0.05, 0.1) is 24.8 Å². The van der Waals surface area contributed by atoms with Crippen molar-refractivity contribution < 1.29 is 28.3 Å². The van der Waals surface area contributed by atoms with E-state index in [0.29, 0.717) is 10.8 Å². The lowest BCUT2D eigenvalue weighted by molar-refractivity contribution is 0.0524. The molecule has 0 atom stereocenters. The first kappa shape index (κ1) is 19.5. The van der Waals surface area contributed by atoms with Crippen molar-refractivity contribution in [2.24, 2.45) is 0 Å². The maximum atomic E-state index is 12.6. The summed E-state index contributed by atoms with van der Waals surface area (Å²) in [6.07, 6.45) is 0. The number of benzene rings is 1. The molecule has 0 radical (unpaired) electrons. The van der Waals surface area contributed by atoms with Gasteiger partial charge in [0.15, 0.2) is 5.78 Å². The molecule has 0 bridgehead atoms. The Kier molecular flexibility index (Phi) is 6.05. The maximum Gasteiger partial charge on any atom is 0.344 e. The Balaban J connectivity index is 2.48. The van der Waals surface area contributed by atoms with Crippen LogP contribution in [0.5, 0.6) is 5.75 Å². The number of amides is 1. The first-order valence-electron chi connectivity index (χ1n) is 7.76. The second kappa shape index (κ2) is 8.05. The summed E-state index contributed by atoms with van der Waals surface area (Å²) in [4.78, 5) is 36.8. The molecule has 138 valence electrons. The summed E-state index contributed by atoms with van der Waals surface area (Å²) in [7, 11) is 1.41. The average molecular weight is 380 g/mol. The van der Waals surface area contributed by atoms with Crippen molar-refractivity contribution in [1.29, 1.82) is 0 Å². The van der Waals surface area contributed by atoms with E-state index in [9.17, 15) is 14.4 Å². The molecule has 1 aromatic heterocycles. The maximum absolute atomic E-state index is 12.6. The van der Waals surface area contributed by atoms with Crippen molar-refractivity contribution in [3.05, 3.63) is 45.7 Å². The quantitative estimate of drug-likeness (QED) is 0.604. The third-order valence-electron chi connectivity index (χ3n) is 3.55. The Morgan fingerprint density at radius 2 is 1.92 bits per heavy atom. The number of hydrogen-bond donors (Lipinski definition) is 1. The standard InChI is InChI=1S/C18H18ClNO6/c1-5-25-18(23)15-14(9(2)21)10(3)26-17(15)20-16(22)12-8-11(19)6-7-13(12)24-4/h6-8H,5H2,1-4H3,(H,20,22). The van der Waals surface area contributed by atoms with Gasteiger partial charge in [0, 0.05) is 5.02 Å². The molecule has 0 aliphatic heterocycles. The van der Waals surface area contributed by atoms with Gasteiger partial charge >= 0.3 is 5.97 Å². The molecule has 0 aliphatic rings. The Bertz CT molecular complexity index is 871. The summed E-state index contributed by atoms with van der Waals surface area (Å²) in [5, 5.41) is 2.82. The first-order chi connectivity index (χ1) is 12.3. The molecular formula is C18H18ClNO6. The molecule has 7 nitrogen and oxygen atoms in total. The zero-order valence-electron chi connectivity index (χ0n) is 14.8. The van der Waals surface area contributed by atoms with Crippen LogP contribution in [0.25, 0.3) is 0 Å². The molecule has 1 amide bonds. The number of Topliss-reactive ketones (excluding diaryl/α,β-unsaturated/α-hetero) is 1. The SMILES string of the molecule is CCOC(=O)c1c(NC(=O)c2cc(Cl)ccc2OC)oc(C)c1C(C)=O. The van der Waals surface area contributed by atoms with E-state index in [4.69, 9.17) is 25.5 Å². The number of anilines is 1. The van der Waals surface area contributed by atoms with Gasteiger partial charge < -0.3 is 13.9 Å². The minimum absolute atomic E-state index is 0.0665. The lowest BCUT2D eigenvalue weighted by atomic mass is 10.1. The van der Waals surface area contributed by atoms with E-state index in [-0.39, 0.29) is 40.7 Å². The highest BCUT2D eigenvalue weighted by atomic mass is 35.5. The number of ketones is 1. The molecule has 1 N–H and O–H groups in total. The fourth-order valence-corrected chi connectivity index (χ4v) is 2.65. The van der Waals surface area contributed by atoms with Crippen LogP contribution >= 0.6 is 11.6 Å². The summed E-state index contributed by atoms with van der Waals surface area (Å²) in [6.45, 7) is 4.56. The van der Waals surface area contributed by atoms with Gasteiger partial charge in [-0.15, -0.1) is 0 Å². The molecule has 2 aromatic rings. The van der Waals surface area contributed by atoms with Crippen LogP contribution in [0.3, 0.4) is 0 Å². The molecule has 0 aliphatic carbocycles. The smallest absolute Gasteiger partial charge is 0.344 e. The van der Waals surface area contributed by atoms with Crippen molar-refractivity contribution in [3.63, 3.8) is 0 Å². The minimum atomic E-state index is -0.761. The highest BCUT2D eigenvalue weighted by Crippen LogP contribution is 2.30. The van der Waals surface area contributed by atoms with Gasteiger partial charge in [0.2, 0.25) is 5.88 Å². The van der Waals surface area contributed by atoms with Crippen LogP contribution in [-0.4, -0.2) is 31.4 Å². The van der Waals surface area contributed by atoms with E-state index in [0.717, 1.165) is 0 Å². The highest BCUT2D eigenvalue weighted by molar-refractivity contribution is 6.31. The number of carbonyl (C=O) groups is 3. The number of nitrogens with one attached hydrogen (secondary N) is 1. The van der Waals surface area contributed by atoms with Gasteiger partial charge in [-0.1, -0.05) is 11.6 Å². The number of furan rings is 1. The highest BCUT2D eigenvalue weighted by Gasteiger charge is 2.29. The van der Waals surface area contributed by atoms with Crippen molar-refractivity contribution in [2.45, 2.75) is 20.8 Å². The van der Waals surface area contributed by atoms with Gasteiger partial charge in [-0.2, -0.15) is 0 Å². The minimum Gasteiger partial charge on any atom is -0.496 e. The number of halogens is 1. The predicted octanol–water partition coefficient (Wildman–Crippen LogP) is 3.88. The van der Waals surface area contributed by atoms with Crippen LogP contribution in [0.15, 0.2) is 22.6 Å². The molecule has 1 heterocycles. The second-order valence-electron chi connectivity index (χ2n) is 5.31. The molecule has 2 rings (SSSR count). The Hall–Kier alpha value is -2.80. The molecular weight excluding hydrogens is 362 g/mol. The Morgan fingerprint density at radius 3 is 2.50 bits per heavy atom. The summed E-state index contributed by atoms with van der Waals surface area (Å²) in [6, 6.07) is 4.53. The number of carbonyl (C=O) groups excluding carboxylic acids is 3. The van der Waals surface area contributed by atoms with Crippen LogP contribution in [0.1, 0.15) is 50.7 Å². The fourth-order valence-electron chi connectivity index (χ4n) is 2.48. The predicted molar refractivity (Wildman–Crippen MR) is 95.4 cm³/mol. The molecule has 0 unspecified atom stereocenters. The third kappa shape index (κ3) is 3.88. The van der Waals surface area contributed by atoms with E-state index in [1.165, 1.54) is 33.1 Å². The largest absolute Gasteiger partial charge is 0.496 e. The summed E-state index contributed by atoms with van der Waals surface area (Å²) >= 11 is 5.94. The number of rotatable bonds is 6. The second-order valence-corrected chi connectivity index (χ2v) is 5.75. The topological polar surface area (TPSA) is 94.8 Å². The van der Waals surface area contributed by atoms with Gasteiger partial charge in [-0.05, 0) is 39.0 Å². The van der Waals surface area contributed by atoms with E-state index in [1.54, 1.807) is 13.0 Å². The lowest BCUT2D eigenvalue weighted by Crippen LogP contribution is -2.17. The molecule has 0 spiro atoms. The normalized spacial score (nSPS) is 10.3. The van der Waals surface area contributed by atoms with Gasteiger partial charge in [-0.25, -0.2) is 4.79 Å². The Morgan fingerprint density at radius 1 is 1.23 bits per heavy atom. The molecule has 26 heavy (non-hydrogen) atoms. The van der Waals surface area contributed by atoms with Crippen molar-refractivity contribution in [3.8, 4) is 5.75 Å². The molecule has 8 heteroatoms. The first-order valence-corrected chi connectivity index (χ1v) is 8.14. The molecule has 0 saturated carbocycles. The third-order valence-corrected chi connectivity index (χ3v) is 3.78. The van der Waals surface area contributed by atoms with Crippen LogP contribution in [0, 0.1) is 6.92 Å². The zero-order chi connectivity index (χ0) is 19.4. The number of ether oxygens (including phenoxy) is 2. The number of aryl methyl sites for hydroxylation is 1. The van der Waals surface area contributed by atoms with E-state index < -0.39 is 11.9 Å². The number of methoxy groups -OCH3 is 1. The van der Waals surface area contributed by atoms with Gasteiger partial charge in [0.1, 0.15) is 17.1 Å². The Labute approximate surface area is 155 Å². The molecule has 0 fully saturated rings. The van der Waals surface area contributed by atoms with Gasteiger partial charge in [-0.3, -0.25) is 14.9 Å².